The fourth-order valence-electron chi connectivity index (χ4n) is 2.59. The van der Waals surface area contributed by atoms with Gasteiger partial charge in [0.05, 0.1) is 13.2 Å². The van der Waals surface area contributed by atoms with Gasteiger partial charge in [-0.05, 0) is 30.5 Å². The molecule has 0 radical (unpaired) electrons. The molecule has 0 aliphatic heterocycles. The van der Waals surface area contributed by atoms with Crippen LogP contribution in [-0.4, -0.2) is 24.7 Å². The molecule has 4 nitrogen and oxygen atoms in total. The lowest BCUT2D eigenvalue weighted by Gasteiger charge is -2.17. The smallest absolute Gasteiger partial charge is 0.244 e. The number of methoxy groups -OCH3 is 1. The zero-order valence-corrected chi connectivity index (χ0v) is 14.0. The summed E-state index contributed by atoms with van der Waals surface area (Å²) in [6.07, 6.45) is 2.03. The molecular formula is C20H23NO3. The van der Waals surface area contributed by atoms with Gasteiger partial charge in [0.1, 0.15) is 5.75 Å². The van der Waals surface area contributed by atoms with Crippen LogP contribution in [0.3, 0.4) is 0 Å². The second-order valence-corrected chi connectivity index (χ2v) is 5.51. The molecule has 1 atom stereocenters. The lowest BCUT2D eigenvalue weighted by atomic mass is 10.0. The van der Waals surface area contributed by atoms with E-state index in [1.165, 1.54) is 0 Å². The minimum absolute atomic E-state index is 0.00897. The minimum atomic E-state index is -0.217. The van der Waals surface area contributed by atoms with Crippen molar-refractivity contribution < 1.29 is 14.6 Å². The topological polar surface area (TPSA) is 58.6 Å². The number of hydrogen-bond donors (Lipinski definition) is 2. The predicted octanol–water partition coefficient (Wildman–Crippen LogP) is 3.34. The van der Waals surface area contributed by atoms with E-state index in [0.29, 0.717) is 6.42 Å². The van der Waals surface area contributed by atoms with Crippen LogP contribution in [0.5, 0.6) is 5.75 Å². The van der Waals surface area contributed by atoms with Gasteiger partial charge in [0.2, 0.25) is 5.91 Å². The number of rotatable bonds is 7. The Balaban J connectivity index is 2.15. The summed E-state index contributed by atoms with van der Waals surface area (Å²) in [7, 11) is 1.61. The van der Waals surface area contributed by atoms with Crippen molar-refractivity contribution in [3.05, 3.63) is 71.8 Å². The van der Waals surface area contributed by atoms with Gasteiger partial charge in [-0.15, -0.1) is 0 Å². The number of benzene rings is 2. The first-order chi connectivity index (χ1) is 11.7. The number of hydrogen-bond acceptors (Lipinski definition) is 3. The van der Waals surface area contributed by atoms with Crippen molar-refractivity contribution in [2.24, 2.45) is 0 Å². The van der Waals surface area contributed by atoms with Crippen LogP contribution in [0.2, 0.25) is 0 Å². The molecule has 0 fully saturated rings. The normalized spacial score (nSPS) is 12.5. The van der Waals surface area contributed by atoms with E-state index in [1.54, 1.807) is 13.2 Å². The Morgan fingerprint density at radius 2 is 1.83 bits per heavy atom. The summed E-state index contributed by atoms with van der Waals surface area (Å²) in [5.41, 5.74) is 2.68. The first-order valence-electron chi connectivity index (χ1n) is 7.93. The molecule has 0 saturated heterocycles. The van der Waals surface area contributed by atoms with E-state index < -0.39 is 0 Å². The summed E-state index contributed by atoms with van der Waals surface area (Å²) < 4.78 is 5.33. The molecule has 1 amide bonds. The zero-order valence-electron chi connectivity index (χ0n) is 14.0. The predicted molar refractivity (Wildman–Crippen MR) is 95.7 cm³/mol. The Labute approximate surface area is 142 Å². The van der Waals surface area contributed by atoms with Gasteiger partial charge in [0.25, 0.3) is 0 Å². The van der Waals surface area contributed by atoms with E-state index in [4.69, 9.17) is 4.74 Å². The van der Waals surface area contributed by atoms with E-state index in [9.17, 15) is 9.90 Å². The van der Waals surface area contributed by atoms with Crippen molar-refractivity contribution in [1.82, 2.24) is 5.32 Å². The maximum Gasteiger partial charge on any atom is 0.244 e. The van der Waals surface area contributed by atoms with Crippen LogP contribution in [0.4, 0.5) is 0 Å². The molecule has 1 unspecified atom stereocenters. The van der Waals surface area contributed by atoms with Crippen LogP contribution in [0.25, 0.3) is 5.57 Å². The molecule has 2 aromatic carbocycles. The van der Waals surface area contributed by atoms with E-state index in [1.807, 2.05) is 61.5 Å². The third kappa shape index (κ3) is 4.70. The standard InChI is InChI=1S/C20H23NO3/c1-15(17-10-6-7-11-19(17)24-2)14-20(23)21-18(12-13-22)16-8-4-3-5-9-16/h3-11,14,18,22H,12-13H2,1-2H3,(H,21,23)/b15-14+. The molecule has 2 aromatic rings. The summed E-state index contributed by atoms with van der Waals surface area (Å²) in [5.74, 6) is 0.537. The SMILES string of the molecule is COc1ccccc1/C(C)=C/C(=O)NC(CCO)c1ccccc1. The molecule has 4 heteroatoms. The second-order valence-electron chi connectivity index (χ2n) is 5.51. The van der Waals surface area contributed by atoms with E-state index in [-0.39, 0.29) is 18.6 Å². The zero-order chi connectivity index (χ0) is 17.4. The number of aliphatic hydroxyl groups excluding tert-OH is 1. The lowest BCUT2D eigenvalue weighted by molar-refractivity contribution is -0.117. The molecule has 24 heavy (non-hydrogen) atoms. The Morgan fingerprint density at radius 3 is 2.50 bits per heavy atom. The fraction of sp³-hybridized carbons (Fsp3) is 0.250. The number of carbonyl (C=O) groups excluding carboxylic acids is 1. The number of ether oxygens (including phenoxy) is 1. The first-order valence-corrected chi connectivity index (χ1v) is 7.93. The highest BCUT2D eigenvalue weighted by atomic mass is 16.5. The Kier molecular flexibility index (Phi) is 6.58. The average Bonchev–Trinajstić information content (AvgIpc) is 2.62. The minimum Gasteiger partial charge on any atom is -0.496 e. The molecule has 0 aliphatic rings. The highest BCUT2D eigenvalue weighted by Gasteiger charge is 2.13. The van der Waals surface area contributed by atoms with E-state index in [0.717, 1.165) is 22.4 Å². The molecular weight excluding hydrogens is 302 g/mol. The maximum absolute atomic E-state index is 12.4. The van der Waals surface area contributed by atoms with Crippen LogP contribution in [-0.2, 0) is 4.79 Å². The number of carbonyl (C=O) groups is 1. The molecule has 2 rings (SSSR count). The molecule has 0 heterocycles. The highest BCUT2D eigenvalue weighted by Crippen LogP contribution is 2.25. The van der Waals surface area contributed by atoms with Crippen molar-refractivity contribution in [2.75, 3.05) is 13.7 Å². The van der Waals surface area contributed by atoms with E-state index >= 15 is 0 Å². The summed E-state index contributed by atoms with van der Waals surface area (Å²) in [6, 6.07) is 17.0. The van der Waals surface area contributed by atoms with Gasteiger partial charge in [-0.2, -0.15) is 0 Å². The van der Waals surface area contributed by atoms with Crippen LogP contribution in [0, 0.1) is 0 Å². The molecule has 0 saturated carbocycles. The highest BCUT2D eigenvalue weighted by molar-refractivity contribution is 5.95. The number of para-hydroxylation sites is 1. The third-order valence-electron chi connectivity index (χ3n) is 3.82. The Hall–Kier alpha value is -2.59. The van der Waals surface area contributed by atoms with Crippen molar-refractivity contribution in [3.63, 3.8) is 0 Å². The van der Waals surface area contributed by atoms with E-state index in [2.05, 4.69) is 5.32 Å². The monoisotopic (exact) mass is 325 g/mol. The number of nitrogens with one attached hydrogen (secondary N) is 1. The Bertz CT molecular complexity index is 695. The van der Waals surface area contributed by atoms with Gasteiger partial charge in [0, 0.05) is 18.2 Å². The van der Waals surface area contributed by atoms with Gasteiger partial charge in [0.15, 0.2) is 0 Å². The number of aliphatic hydroxyl groups is 1. The van der Waals surface area contributed by atoms with Gasteiger partial charge in [-0.1, -0.05) is 48.5 Å². The van der Waals surface area contributed by atoms with Gasteiger partial charge in [-0.25, -0.2) is 0 Å². The van der Waals surface area contributed by atoms with Crippen molar-refractivity contribution in [3.8, 4) is 5.75 Å². The van der Waals surface area contributed by atoms with Crippen LogP contribution < -0.4 is 10.1 Å². The molecule has 0 spiro atoms. The largest absolute Gasteiger partial charge is 0.496 e. The molecule has 0 aromatic heterocycles. The third-order valence-corrected chi connectivity index (χ3v) is 3.82. The Morgan fingerprint density at radius 1 is 1.17 bits per heavy atom. The fourth-order valence-corrected chi connectivity index (χ4v) is 2.59. The second kappa shape index (κ2) is 8.89. The van der Waals surface area contributed by atoms with Crippen LogP contribution in [0.15, 0.2) is 60.7 Å². The van der Waals surface area contributed by atoms with Crippen molar-refractivity contribution >= 4 is 11.5 Å². The lowest BCUT2D eigenvalue weighted by Crippen LogP contribution is -2.27. The maximum atomic E-state index is 12.4. The van der Waals surface area contributed by atoms with Crippen LogP contribution >= 0.6 is 0 Å². The molecule has 0 bridgehead atoms. The number of amides is 1. The average molecular weight is 325 g/mol. The van der Waals surface area contributed by atoms with Crippen molar-refractivity contribution in [1.29, 1.82) is 0 Å². The van der Waals surface area contributed by atoms with Crippen molar-refractivity contribution in [2.45, 2.75) is 19.4 Å². The molecule has 126 valence electrons. The van der Waals surface area contributed by atoms with Gasteiger partial charge < -0.3 is 15.2 Å². The van der Waals surface area contributed by atoms with Gasteiger partial charge in [-0.3, -0.25) is 4.79 Å². The molecule has 0 aliphatic carbocycles. The summed E-state index contributed by atoms with van der Waals surface area (Å²) in [4.78, 5) is 12.4. The summed E-state index contributed by atoms with van der Waals surface area (Å²) in [6.45, 7) is 1.88. The molecule has 2 N–H and O–H groups in total. The summed E-state index contributed by atoms with van der Waals surface area (Å²) >= 11 is 0. The van der Waals surface area contributed by atoms with Gasteiger partial charge >= 0.3 is 0 Å². The quantitative estimate of drug-likeness (QED) is 0.768. The number of allylic oxidation sites excluding steroid dienone is 1. The van der Waals surface area contributed by atoms with Crippen LogP contribution in [0.1, 0.15) is 30.5 Å². The summed E-state index contributed by atoms with van der Waals surface area (Å²) in [5, 5.41) is 12.2. The first kappa shape index (κ1) is 17.8.